The highest BCUT2D eigenvalue weighted by Gasteiger charge is 2.18. The molecule has 0 atom stereocenters. The molecule has 6 heteroatoms. The number of carbonyl (C=O) groups is 1. The number of aromatic nitrogens is 1. The molecule has 5 nitrogen and oxygen atoms in total. The van der Waals surface area contributed by atoms with Crippen LogP contribution in [-0.2, 0) is 25.0 Å². The fraction of sp³-hybridized carbons (Fsp3) is 0.385. The van der Waals surface area contributed by atoms with Crippen LogP contribution in [0.1, 0.15) is 60.8 Å². The molecule has 0 aliphatic rings. The molecule has 1 amide bonds. The molecule has 1 heterocycles. The Morgan fingerprint density at radius 3 is 2.06 bits per heavy atom. The van der Waals surface area contributed by atoms with Crippen LogP contribution in [0.15, 0.2) is 59.2 Å². The van der Waals surface area contributed by atoms with E-state index in [0.717, 1.165) is 11.1 Å². The summed E-state index contributed by atoms with van der Waals surface area (Å²) < 4.78 is 19.0. The van der Waals surface area contributed by atoms with E-state index in [9.17, 15) is 9.18 Å². The van der Waals surface area contributed by atoms with Crippen LogP contribution >= 0.6 is 0 Å². The minimum Gasteiger partial charge on any atom is -0.447 e. The van der Waals surface area contributed by atoms with Crippen LogP contribution in [0.2, 0.25) is 0 Å². The molecule has 0 radical (unpaired) electrons. The summed E-state index contributed by atoms with van der Waals surface area (Å²) >= 11 is 0. The fourth-order valence-electron chi connectivity index (χ4n) is 3.40. The third-order valence-electron chi connectivity index (χ3n) is 5.50. The highest BCUT2D eigenvalue weighted by atomic mass is 19.1. The molecule has 170 valence electrons. The van der Waals surface area contributed by atoms with E-state index in [1.165, 1.54) is 24.0 Å². The average Bonchev–Trinajstić information content (AvgIpc) is 3.22. The number of oxazole rings is 1. The van der Waals surface area contributed by atoms with Gasteiger partial charge in [0.25, 0.3) is 5.91 Å². The van der Waals surface area contributed by atoms with Crippen molar-refractivity contribution in [1.29, 1.82) is 0 Å². The van der Waals surface area contributed by atoms with Crippen molar-refractivity contribution < 1.29 is 13.6 Å². The van der Waals surface area contributed by atoms with Crippen LogP contribution in [0.5, 0.6) is 0 Å². The van der Waals surface area contributed by atoms with Gasteiger partial charge in [-0.3, -0.25) is 9.69 Å². The van der Waals surface area contributed by atoms with E-state index in [-0.39, 0.29) is 17.1 Å². The Morgan fingerprint density at radius 1 is 0.969 bits per heavy atom. The zero-order valence-electron chi connectivity index (χ0n) is 19.6. The Bertz CT molecular complexity index is 1020. The lowest BCUT2D eigenvalue weighted by molar-refractivity contribution is 0.0796. The molecule has 2 aromatic carbocycles. The van der Waals surface area contributed by atoms with E-state index >= 15 is 0 Å². The van der Waals surface area contributed by atoms with Gasteiger partial charge in [-0.25, -0.2) is 9.37 Å². The lowest BCUT2D eigenvalue weighted by Gasteiger charge is -2.23. The molecule has 0 N–H and O–H groups in total. The smallest absolute Gasteiger partial charge is 0.275 e. The summed E-state index contributed by atoms with van der Waals surface area (Å²) in [5.41, 5.74) is 3.83. The lowest BCUT2D eigenvalue weighted by Crippen LogP contribution is -2.26. The van der Waals surface area contributed by atoms with Crippen LogP contribution in [0, 0.1) is 5.82 Å². The van der Waals surface area contributed by atoms with Crippen LogP contribution in [-0.4, -0.2) is 34.3 Å². The topological polar surface area (TPSA) is 49.6 Å². The SMILES string of the molecule is CCN(C)C(=O)c1coc(CN(Cc2ccc(F)cc2)Cc2ccc(C(C)(C)C)cc2)n1. The van der Waals surface area contributed by atoms with Crippen LogP contribution < -0.4 is 0 Å². The van der Waals surface area contributed by atoms with Gasteiger partial charge in [0.1, 0.15) is 12.1 Å². The van der Waals surface area contributed by atoms with Gasteiger partial charge in [0, 0.05) is 26.7 Å². The maximum Gasteiger partial charge on any atom is 0.275 e. The number of amides is 1. The maximum absolute atomic E-state index is 13.4. The van der Waals surface area contributed by atoms with Gasteiger partial charge in [-0.15, -0.1) is 0 Å². The number of benzene rings is 2. The van der Waals surface area contributed by atoms with E-state index < -0.39 is 0 Å². The molecule has 32 heavy (non-hydrogen) atoms. The van der Waals surface area contributed by atoms with Crippen molar-refractivity contribution in [3.05, 3.63) is 88.9 Å². The normalized spacial score (nSPS) is 11.7. The first kappa shape index (κ1) is 23.7. The highest BCUT2D eigenvalue weighted by Crippen LogP contribution is 2.23. The molecule has 0 spiro atoms. The van der Waals surface area contributed by atoms with Gasteiger partial charge in [0.2, 0.25) is 5.89 Å². The second-order valence-electron chi connectivity index (χ2n) is 9.16. The summed E-state index contributed by atoms with van der Waals surface area (Å²) in [5, 5.41) is 0. The quantitative estimate of drug-likeness (QED) is 0.473. The Hall–Kier alpha value is -2.99. The second-order valence-corrected chi connectivity index (χ2v) is 9.16. The lowest BCUT2D eigenvalue weighted by atomic mass is 9.87. The van der Waals surface area contributed by atoms with Gasteiger partial charge >= 0.3 is 0 Å². The van der Waals surface area contributed by atoms with Crippen LogP contribution in [0.4, 0.5) is 4.39 Å². The van der Waals surface area contributed by atoms with Gasteiger partial charge in [-0.2, -0.15) is 0 Å². The second kappa shape index (κ2) is 10.1. The van der Waals surface area contributed by atoms with Crippen molar-refractivity contribution in [2.75, 3.05) is 13.6 Å². The Balaban J connectivity index is 1.78. The van der Waals surface area contributed by atoms with Gasteiger partial charge < -0.3 is 9.32 Å². The monoisotopic (exact) mass is 437 g/mol. The molecular formula is C26H32FN3O2. The first-order chi connectivity index (χ1) is 15.2. The molecule has 3 aromatic rings. The molecule has 0 saturated carbocycles. The fourth-order valence-corrected chi connectivity index (χ4v) is 3.40. The Morgan fingerprint density at radius 2 is 1.53 bits per heavy atom. The largest absolute Gasteiger partial charge is 0.447 e. The standard InChI is InChI=1S/C26H32FN3O2/c1-6-29(5)25(31)23-18-32-24(28-23)17-30(16-20-9-13-22(27)14-10-20)15-19-7-11-21(12-8-19)26(2,3)4/h7-14,18H,6,15-17H2,1-5H3. The number of hydrogen-bond acceptors (Lipinski definition) is 4. The van der Waals surface area contributed by atoms with E-state index in [1.807, 2.05) is 6.92 Å². The minimum absolute atomic E-state index is 0.0962. The van der Waals surface area contributed by atoms with Crippen molar-refractivity contribution in [2.45, 2.75) is 52.7 Å². The first-order valence-electron chi connectivity index (χ1n) is 10.9. The number of rotatable bonds is 8. The predicted molar refractivity (Wildman–Crippen MR) is 124 cm³/mol. The van der Waals surface area contributed by atoms with Gasteiger partial charge in [0.15, 0.2) is 5.69 Å². The molecule has 3 rings (SSSR count). The molecule has 0 aliphatic heterocycles. The summed E-state index contributed by atoms with van der Waals surface area (Å²) in [4.78, 5) is 20.5. The van der Waals surface area contributed by atoms with Gasteiger partial charge in [0.05, 0.1) is 6.54 Å². The van der Waals surface area contributed by atoms with Crippen molar-refractivity contribution in [2.24, 2.45) is 0 Å². The minimum atomic E-state index is -0.256. The zero-order chi connectivity index (χ0) is 23.3. The van der Waals surface area contributed by atoms with Crippen molar-refractivity contribution in [1.82, 2.24) is 14.8 Å². The molecule has 0 unspecified atom stereocenters. The van der Waals surface area contributed by atoms with Crippen molar-refractivity contribution in [3.8, 4) is 0 Å². The molecule has 1 aromatic heterocycles. The number of halogens is 1. The molecule has 0 fully saturated rings. The number of hydrogen-bond donors (Lipinski definition) is 0. The summed E-state index contributed by atoms with van der Waals surface area (Å²) in [6.45, 7) is 10.8. The Labute approximate surface area is 189 Å². The van der Waals surface area contributed by atoms with E-state index in [0.29, 0.717) is 37.8 Å². The van der Waals surface area contributed by atoms with E-state index in [4.69, 9.17) is 4.42 Å². The highest BCUT2D eigenvalue weighted by molar-refractivity contribution is 5.91. The van der Waals surface area contributed by atoms with Crippen molar-refractivity contribution >= 4 is 5.91 Å². The summed E-state index contributed by atoms with van der Waals surface area (Å²) in [7, 11) is 1.73. The third kappa shape index (κ3) is 6.26. The zero-order valence-corrected chi connectivity index (χ0v) is 19.6. The summed E-state index contributed by atoms with van der Waals surface area (Å²) in [6.07, 6.45) is 1.41. The summed E-state index contributed by atoms with van der Waals surface area (Å²) in [5.74, 6) is 0.0607. The maximum atomic E-state index is 13.4. The Kier molecular flexibility index (Phi) is 7.46. The number of carbonyl (C=O) groups excluding carboxylic acids is 1. The van der Waals surface area contributed by atoms with E-state index in [1.54, 1.807) is 24.1 Å². The third-order valence-corrected chi connectivity index (χ3v) is 5.50. The van der Waals surface area contributed by atoms with Crippen LogP contribution in [0.3, 0.4) is 0 Å². The van der Waals surface area contributed by atoms with Gasteiger partial charge in [-0.05, 0) is 41.2 Å². The first-order valence-corrected chi connectivity index (χ1v) is 10.9. The molecule has 0 aliphatic carbocycles. The van der Waals surface area contributed by atoms with Crippen LogP contribution in [0.25, 0.3) is 0 Å². The molecular weight excluding hydrogens is 405 g/mol. The summed E-state index contributed by atoms with van der Waals surface area (Å²) in [6, 6.07) is 15.1. The average molecular weight is 438 g/mol. The predicted octanol–water partition coefficient (Wildman–Crippen LogP) is 5.41. The van der Waals surface area contributed by atoms with Gasteiger partial charge in [-0.1, -0.05) is 57.2 Å². The molecule has 0 bridgehead atoms. The molecule has 0 saturated heterocycles. The van der Waals surface area contributed by atoms with Crippen molar-refractivity contribution in [3.63, 3.8) is 0 Å². The van der Waals surface area contributed by atoms with E-state index in [2.05, 4.69) is 54.9 Å². The number of nitrogens with zero attached hydrogens (tertiary/aromatic N) is 3.